The zero-order valence-electron chi connectivity index (χ0n) is 11.9. The lowest BCUT2D eigenvalue weighted by Gasteiger charge is -2.26. The molecule has 1 aromatic carbocycles. The number of nitrogens with zero attached hydrogens (tertiary/aromatic N) is 1. The minimum absolute atomic E-state index is 0.109. The largest absolute Gasteiger partial charge is 0.340 e. The summed E-state index contributed by atoms with van der Waals surface area (Å²) >= 11 is 0. The van der Waals surface area contributed by atoms with Crippen molar-refractivity contribution in [2.45, 2.75) is 45.7 Å². The smallest absolute Gasteiger partial charge is 0.315 e. The molecule has 0 aliphatic heterocycles. The molecular formula is C15H20N4O. The molecule has 3 rings (SSSR count). The number of aryl methyl sites for hydroxylation is 2. The van der Waals surface area contributed by atoms with Crippen LogP contribution in [0, 0.1) is 13.8 Å². The fourth-order valence-corrected chi connectivity index (χ4v) is 2.36. The van der Waals surface area contributed by atoms with Gasteiger partial charge in [-0.1, -0.05) is 0 Å². The molecule has 0 bridgehead atoms. The average molecular weight is 272 g/mol. The number of carbonyl (C=O) groups excluding carboxylic acids is 1. The van der Waals surface area contributed by atoms with Crippen molar-refractivity contribution in [2.24, 2.45) is 0 Å². The van der Waals surface area contributed by atoms with E-state index >= 15 is 0 Å². The van der Waals surface area contributed by atoms with Crippen LogP contribution >= 0.6 is 0 Å². The van der Waals surface area contributed by atoms with Crippen molar-refractivity contribution >= 4 is 17.1 Å². The normalized spacial score (nSPS) is 15.1. The Bertz CT molecular complexity index is 604. The number of aromatic nitrogens is 2. The molecule has 5 nitrogen and oxygen atoms in total. The van der Waals surface area contributed by atoms with Gasteiger partial charge in [-0.15, -0.1) is 0 Å². The fraction of sp³-hybridized carbons (Fsp3) is 0.467. The van der Waals surface area contributed by atoms with Crippen molar-refractivity contribution in [3.63, 3.8) is 0 Å². The van der Waals surface area contributed by atoms with Crippen LogP contribution in [0.2, 0.25) is 0 Å². The first-order chi connectivity index (χ1) is 9.61. The molecule has 1 aliphatic carbocycles. The summed E-state index contributed by atoms with van der Waals surface area (Å²) in [5.74, 6) is 0.786. The lowest BCUT2D eigenvalue weighted by molar-refractivity contribution is 0.228. The SMILES string of the molecule is Cc1cc2nc(CNC(=O)NC3CCC3)[nH]c2cc1C. The van der Waals surface area contributed by atoms with Gasteiger partial charge in [0.1, 0.15) is 5.82 Å². The molecule has 106 valence electrons. The summed E-state index contributed by atoms with van der Waals surface area (Å²) in [6, 6.07) is 4.41. The number of H-pyrrole nitrogens is 1. The van der Waals surface area contributed by atoms with Gasteiger partial charge in [0.2, 0.25) is 0 Å². The molecule has 1 aliphatic rings. The number of carbonyl (C=O) groups is 1. The van der Waals surface area contributed by atoms with E-state index in [2.05, 4.69) is 46.6 Å². The van der Waals surface area contributed by atoms with Crippen molar-refractivity contribution in [1.29, 1.82) is 0 Å². The molecule has 1 aromatic heterocycles. The standard InChI is InChI=1S/C15H20N4O/c1-9-6-12-13(7-10(9)2)19-14(18-12)8-16-15(20)17-11-4-3-5-11/h6-7,11H,3-5,8H2,1-2H3,(H,18,19)(H2,16,17,20). The summed E-state index contributed by atoms with van der Waals surface area (Å²) in [6.45, 7) is 4.58. The van der Waals surface area contributed by atoms with E-state index in [1.165, 1.54) is 17.5 Å². The van der Waals surface area contributed by atoms with E-state index in [9.17, 15) is 4.79 Å². The molecule has 0 spiro atoms. The molecule has 3 N–H and O–H groups in total. The van der Waals surface area contributed by atoms with Gasteiger partial charge in [0.05, 0.1) is 17.6 Å². The third-order valence-electron chi connectivity index (χ3n) is 4.00. The van der Waals surface area contributed by atoms with Gasteiger partial charge in [-0.05, 0) is 56.4 Å². The molecular weight excluding hydrogens is 252 g/mol. The number of fused-ring (bicyclic) bond motifs is 1. The van der Waals surface area contributed by atoms with Crippen LogP contribution < -0.4 is 10.6 Å². The van der Waals surface area contributed by atoms with Gasteiger partial charge >= 0.3 is 6.03 Å². The predicted molar refractivity (Wildman–Crippen MR) is 78.6 cm³/mol. The molecule has 20 heavy (non-hydrogen) atoms. The number of aromatic amines is 1. The van der Waals surface area contributed by atoms with E-state index in [1.54, 1.807) is 0 Å². The fourth-order valence-electron chi connectivity index (χ4n) is 2.36. The van der Waals surface area contributed by atoms with Gasteiger partial charge in [0.25, 0.3) is 0 Å². The molecule has 1 fully saturated rings. The second kappa shape index (κ2) is 5.15. The Labute approximate surface area is 118 Å². The highest BCUT2D eigenvalue weighted by Gasteiger charge is 2.19. The lowest BCUT2D eigenvalue weighted by Crippen LogP contribution is -2.44. The minimum atomic E-state index is -0.109. The monoisotopic (exact) mass is 272 g/mol. The third kappa shape index (κ3) is 2.61. The van der Waals surface area contributed by atoms with Crippen molar-refractivity contribution in [3.8, 4) is 0 Å². The Morgan fingerprint density at radius 3 is 2.80 bits per heavy atom. The quantitative estimate of drug-likeness (QED) is 0.803. The number of urea groups is 1. The summed E-state index contributed by atoms with van der Waals surface area (Å²) in [6.07, 6.45) is 3.40. The van der Waals surface area contributed by atoms with Gasteiger partial charge in [0, 0.05) is 6.04 Å². The number of rotatable bonds is 3. The molecule has 0 atom stereocenters. The Balaban J connectivity index is 1.63. The molecule has 1 saturated carbocycles. The van der Waals surface area contributed by atoms with Crippen molar-refractivity contribution in [3.05, 3.63) is 29.1 Å². The van der Waals surface area contributed by atoms with Crippen LogP contribution in [0.3, 0.4) is 0 Å². The number of hydrogen-bond donors (Lipinski definition) is 3. The molecule has 2 amide bonds. The number of nitrogens with one attached hydrogen (secondary N) is 3. The second-order valence-corrected chi connectivity index (χ2v) is 5.59. The Morgan fingerprint density at radius 1 is 1.35 bits per heavy atom. The van der Waals surface area contributed by atoms with Gasteiger partial charge in [-0.2, -0.15) is 0 Å². The zero-order valence-corrected chi connectivity index (χ0v) is 11.9. The van der Waals surface area contributed by atoms with E-state index < -0.39 is 0 Å². The van der Waals surface area contributed by atoms with Gasteiger partial charge in [-0.3, -0.25) is 0 Å². The molecule has 0 unspecified atom stereocenters. The second-order valence-electron chi connectivity index (χ2n) is 5.59. The van der Waals surface area contributed by atoms with Crippen LogP contribution in [0.5, 0.6) is 0 Å². The van der Waals surface area contributed by atoms with E-state index in [-0.39, 0.29) is 6.03 Å². The molecule has 0 saturated heterocycles. The van der Waals surface area contributed by atoms with Crippen molar-refractivity contribution in [1.82, 2.24) is 20.6 Å². The Morgan fingerprint density at radius 2 is 2.10 bits per heavy atom. The highest BCUT2D eigenvalue weighted by atomic mass is 16.2. The van der Waals surface area contributed by atoms with E-state index in [0.717, 1.165) is 29.7 Å². The van der Waals surface area contributed by atoms with Crippen LogP contribution in [-0.4, -0.2) is 22.0 Å². The van der Waals surface area contributed by atoms with E-state index in [0.29, 0.717) is 12.6 Å². The topological polar surface area (TPSA) is 69.8 Å². The first-order valence-corrected chi connectivity index (χ1v) is 7.12. The zero-order chi connectivity index (χ0) is 14.1. The highest BCUT2D eigenvalue weighted by Crippen LogP contribution is 2.18. The minimum Gasteiger partial charge on any atom is -0.340 e. The summed E-state index contributed by atoms with van der Waals surface area (Å²) < 4.78 is 0. The summed E-state index contributed by atoms with van der Waals surface area (Å²) in [5, 5.41) is 5.79. The lowest BCUT2D eigenvalue weighted by atomic mass is 9.93. The van der Waals surface area contributed by atoms with Gasteiger partial charge in [0.15, 0.2) is 0 Å². The molecule has 1 heterocycles. The first-order valence-electron chi connectivity index (χ1n) is 7.12. The maximum absolute atomic E-state index is 11.7. The predicted octanol–water partition coefficient (Wildman–Crippen LogP) is 2.53. The van der Waals surface area contributed by atoms with E-state index in [1.807, 2.05) is 0 Å². The van der Waals surface area contributed by atoms with Crippen LogP contribution in [0.4, 0.5) is 4.79 Å². The maximum Gasteiger partial charge on any atom is 0.315 e. The number of hydrogen-bond acceptors (Lipinski definition) is 2. The van der Waals surface area contributed by atoms with Crippen molar-refractivity contribution < 1.29 is 4.79 Å². The Hall–Kier alpha value is -2.04. The number of benzene rings is 1. The summed E-state index contributed by atoms with van der Waals surface area (Å²) in [4.78, 5) is 19.4. The summed E-state index contributed by atoms with van der Waals surface area (Å²) in [7, 11) is 0. The van der Waals surface area contributed by atoms with Crippen LogP contribution in [0.15, 0.2) is 12.1 Å². The van der Waals surface area contributed by atoms with Crippen LogP contribution in [0.25, 0.3) is 11.0 Å². The third-order valence-corrected chi connectivity index (χ3v) is 4.00. The number of amides is 2. The Kier molecular flexibility index (Phi) is 3.34. The van der Waals surface area contributed by atoms with Gasteiger partial charge < -0.3 is 15.6 Å². The molecule has 2 aromatic rings. The number of imidazole rings is 1. The first kappa shape index (κ1) is 13.0. The van der Waals surface area contributed by atoms with Crippen LogP contribution in [-0.2, 0) is 6.54 Å². The van der Waals surface area contributed by atoms with Gasteiger partial charge in [-0.25, -0.2) is 9.78 Å². The van der Waals surface area contributed by atoms with E-state index in [4.69, 9.17) is 0 Å². The van der Waals surface area contributed by atoms with Crippen molar-refractivity contribution in [2.75, 3.05) is 0 Å². The van der Waals surface area contributed by atoms with Crippen LogP contribution in [0.1, 0.15) is 36.2 Å². The molecule has 5 heteroatoms. The maximum atomic E-state index is 11.7. The average Bonchev–Trinajstić information content (AvgIpc) is 2.74. The highest BCUT2D eigenvalue weighted by molar-refractivity contribution is 5.77. The molecule has 0 radical (unpaired) electrons. The summed E-state index contributed by atoms with van der Waals surface area (Å²) in [5.41, 5.74) is 4.43.